The summed E-state index contributed by atoms with van der Waals surface area (Å²) in [6, 6.07) is 4.14. The molecule has 3 heteroatoms. The monoisotopic (exact) mass is 366 g/mol. The van der Waals surface area contributed by atoms with Crippen molar-refractivity contribution in [1.82, 2.24) is 0 Å². The molecule has 0 spiro atoms. The van der Waals surface area contributed by atoms with Crippen molar-refractivity contribution >= 4 is 17.3 Å². The van der Waals surface area contributed by atoms with Crippen LogP contribution >= 0.6 is 0 Å². The molecule has 0 N–H and O–H groups in total. The molecule has 3 nitrogen and oxygen atoms in total. The van der Waals surface area contributed by atoms with Crippen molar-refractivity contribution in [2.24, 2.45) is 17.8 Å². The molecule has 0 bridgehead atoms. The average molecular weight is 367 g/mol. The first-order valence-electron chi connectivity index (χ1n) is 10.1. The van der Waals surface area contributed by atoms with Gasteiger partial charge in [0.1, 0.15) is 0 Å². The fourth-order valence-electron chi connectivity index (χ4n) is 5.33. The fourth-order valence-corrected chi connectivity index (χ4v) is 5.33. The minimum atomic E-state index is -0.109. The highest BCUT2D eigenvalue weighted by Gasteiger charge is 2.38. The first-order valence-corrected chi connectivity index (χ1v) is 10.1. The van der Waals surface area contributed by atoms with Gasteiger partial charge in [0.05, 0.1) is 5.57 Å². The highest BCUT2D eigenvalue weighted by molar-refractivity contribution is 6.21. The Hall–Kier alpha value is -2.03. The number of aryl methyl sites for hydroxylation is 2. The topological polar surface area (TPSA) is 51.2 Å². The first-order chi connectivity index (χ1) is 12.7. The van der Waals surface area contributed by atoms with Gasteiger partial charge in [0.15, 0.2) is 17.3 Å². The Morgan fingerprint density at radius 2 is 1.70 bits per heavy atom. The highest BCUT2D eigenvalue weighted by Crippen LogP contribution is 2.41. The lowest BCUT2D eigenvalue weighted by molar-refractivity contribution is -0.125. The number of allylic oxidation sites excluding steroid dienone is 2. The molecular formula is C24H30O3. The molecule has 2 aliphatic carbocycles. The molecule has 0 radical (unpaired) electrons. The van der Waals surface area contributed by atoms with Crippen LogP contribution in [-0.4, -0.2) is 17.3 Å². The van der Waals surface area contributed by atoms with Crippen molar-refractivity contribution in [3.8, 4) is 0 Å². The van der Waals surface area contributed by atoms with Crippen LogP contribution in [0.25, 0.3) is 0 Å². The lowest BCUT2D eigenvalue weighted by Crippen LogP contribution is -2.35. The normalized spacial score (nSPS) is 25.6. The number of fused-ring (bicyclic) bond motifs is 1. The van der Waals surface area contributed by atoms with Crippen LogP contribution in [0.2, 0.25) is 0 Å². The van der Waals surface area contributed by atoms with Crippen molar-refractivity contribution in [3.63, 3.8) is 0 Å². The van der Waals surface area contributed by atoms with Crippen LogP contribution in [0.3, 0.4) is 0 Å². The zero-order valence-electron chi connectivity index (χ0n) is 17.1. The van der Waals surface area contributed by atoms with E-state index in [0.717, 1.165) is 42.4 Å². The van der Waals surface area contributed by atoms with Crippen LogP contribution in [-0.2, 0) is 16.0 Å². The molecule has 0 fully saturated rings. The predicted octanol–water partition coefficient (Wildman–Crippen LogP) is 4.96. The third-order valence-electron chi connectivity index (χ3n) is 6.58. The number of benzene rings is 1. The smallest absolute Gasteiger partial charge is 0.169 e. The van der Waals surface area contributed by atoms with Gasteiger partial charge in [-0.15, -0.1) is 0 Å². The maximum absolute atomic E-state index is 12.9. The van der Waals surface area contributed by atoms with Gasteiger partial charge < -0.3 is 0 Å². The zero-order valence-corrected chi connectivity index (χ0v) is 17.1. The molecule has 27 heavy (non-hydrogen) atoms. The van der Waals surface area contributed by atoms with E-state index in [-0.39, 0.29) is 35.1 Å². The van der Waals surface area contributed by atoms with Crippen molar-refractivity contribution in [1.29, 1.82) is 0 Å². The van der Waals surface area contributed by atoms with Gasteiger partial charge in [-0.05, 0) is 81.9 Å². The van der Waals surface area contributed by atoms with E-state index in [1.54, 1.807) is 0 Å². The number of ketones is 3. The summed E-state index contributed by atoms with van der Waals surface area (Å²) in [4.78, 5) is 37.6. The van der Waals surface area contributed by atoms with E-state index < -0.39 is 0 Å². The van der Waals surface area contributed by atoms with Crippen LogP contribution in [0.5, 0.6) is 0 Å². The van der Waals surface area contributed by atoms with Gasteiger partial charge in [0, 0.05) is 17.9 Å². The van der Waals surface area contributed by atoms with E-state index in [4.69, 9.17) is 0 Å². The molecule has 0 aromatic heterocycles. The Balaban J connectivity index is 1.85. The van der Waals surface area contributed by atoms with E-state index in [0.29, 0.717) is 12.0 Å². The van der Waals surface area contributed by atoms with E-state index in [1.807, 2.05) is 26.8 Å². The van der Waals surface area contributed by atoms with Crippen LogP contribution in [0, 0.1) is 31.6 Å². The molecule has 3 atom stereocenters. The van der Waals surface area contributed by atoms with E-state index in [1.165, 1.54) is 18.1 Å². The summed E-state index contributed by atoms with van der Waals surface area (Å²) in [6.07, 6.45) is 3.91. The number of hydrogen-bond donors (Lipinski definition) is 0. The Bertz CT molecular complexity index is 843. The van der Waals surface area contributed by atoms with Gasteiger partial charge in [0.2, 0.25) is 0 Å². The SMILES string of the molecule is CCC1C(=O)C(C(C)=O)=C(C)CC1CC1CC(=O)c2c(C)ccc(C)c2C1. The molecule has 3 rings (SSSR count). The van der Waals surface area contributed by atoms with Crippen molar-refractivity contribution in [2.45, 2.75) is 66.7 Å². The summed E-state index contributed by atoms with van der Waals surface area (Å²) < 4.78 is 0. The van der Waals surface area contributed by atoms with Crippen molar-refractivity contribution < 1.29 is 14.4 Å². The van der Waals surface area contributed by atoms with Gasteiger partial charge in [-0.2, -0.15) is 0 Å². The van der Waals surface area contributed by atoms with E-state index >= 15 is 0 Å². The molecule has 0 amide bonds. The minimum Gasteiger partial charge on any atom is -0.294 e. The maximum atomic E-state index is 12.9. The summed E-state index contributed by atoms with van der Waals surface area (Å²) in [5.74, 6) is 0.576. The van der Waals surface area contributed by atoms with E-state index in [2.05, 4.69) is 13.0 Å². The summed E-state index contributed by atoms with van der Waals surface area (Å²) >= 11 is 0. The standard InChI is InChI=1S/C24H30O3/c1-6-19-18(9-15(4)22(16(5)25)24(19)27)10-17-11-20-13(2)7-8-14(3)23(20)21(26)12-17/h7-8,17-19H,6,9-12H2,1-5H3. The molecule has 1 aromatic carbocycles. The fraction of sp³-hybridized carbons (Fsp3) is 0.542. The second kappa shape index (κ2) is 7.53. The van der Waals surface area contributed by atoms with Crippen LogP contribution < -0.4 is 0 Å². The second-order valence-electron chi connectivity index (χ2n) is 8.54. The summed E-state index contributed by atoms with van der Waals surface area (Å²) in [7, 11) is 0. The summed E-state index contributed by atoms with van der Waals surface area (Å²) in [6.45, 7) is 9.54. The van der Waals surface area contributed by atoms with Gasteiger partial charge in [0.25, 0.3) is 0 Å². The molecule has 1 aromatic rings. The lowest BCUT2D eigenvalue weighted by Gasteiger charge is -2.35. The van der Waals surface area contributed by atoms with Gasteiger partial charge in [-0.3, -0.25) is 14.4 Å². The molecule has 0 heterocycles. The van der Waals surface area contributed by atoms with Gasteiger partial charge in [-0.1, -0.05) is 24.6 Å². The quantitative estimate of drug-likeness (QED) is 0.708. The van der Waals surface area contributed by atoms with Crippen molar-refractivity contribution in [3.05, 3.63) is 45.5 Å². The lowest BCUT2D eigenvalue weighted by atomic mass is 9.67. The molecule has 0 saturated heterocycles. The summed E-state index contributed by atoms with van der Waals surface area (Å²) in [5, 5.41) is 0. The van der Waals surface area contributed by atoms with E-state index in [9.17, 15) is 14.4 Å². The first kappa shape index (κ1) is 19.7. The Labute approximate surface area is 162 Å². The summed E-state index contributed by atoms with van der Waals surface area (Å²) in [5.41, 5.74) is 5.74. The largest absolute Gasteiger partial charge is 0.294 e. The predicted molar refractivity (Wildman–Crippen MR) is 107 cm³/mol. The Morgan fingerprint density at radius 1 is 1.04 bits per heavy atom. The molecule has 144 valence electrons. The number of rotatable bonds is 4. The third-order valence-corrected chi connectivity index (χ3v) is 6.58. The highest BCUT2D eigenvalue weighted by atomic mass is 16.1. The molecular weight excluding hydrogens is 336 g/mol. The van der Waals surface area contributed by atoms with Crippen LogP contribution in [0.4, 0.5) is 0 Å². The van der Waals surface area contributed by atoms with Gasteiger partial charge >= 0.3 is 0 Å². The molecule has 0 aliphatic heterocycles. The van der Waals surface area contributed by atoms with Crippen molar-refractivity contribution in [2.75, 3.05) is 0 Å². The zero-order chi connectivity index (χ0) is 19.9. The molecule has 3 unspecified atom stereocenters. The Morgan fingerprint density at radius 3 is 2.33 bits per heavy atom. The van der Waals surface area contributed by atoms with Crippen LogP contribution in [0.1, 0.15) is 73.5 Å². The van der Waals surface area contributed by atoms with Crippen LogP contribution in [0.15, 0.2) is 23.3 Å². The number of carbonyl (C=O) groups excluding carboxylic acids is 3. The number of Topliss-reactive ketones (excluding diaryl/α,β-unsaturated/α-hetero) is 3. The average Bonchev–Trinajstić information content (AvgIpc) is 2.57. The third kappa shape index (κ3) is 3.56. The number of carbonyl (C=O) groups is 3. The second-order valence-corrected chi connectivity index (χ2v) is 8.54. The maximum Gasteiger partial charge on any atom is 0.169 e. The Kier molecular flexibility index (Phi) is 5.50. The number of hydrogen-bond acceptors (Lipinski definition) is 3. The molecule has 2 aliphatic rings. The minimum absolute atomic E-state index is 0.0216. The van der Waals surface area contributed by atoms with Gasteiger partial charge in [-0.25, -0.2) is 0 Å². The molecule has 0 saturated carbocycles.